The van der Waals surface area contributed by atoms with Gasteiger partial charge in [-0.1, -0.05) is 50.7 Å². The van der Waals surface area contributed by atoms with Crippen molar-refractivity contribution < 1.29 is 18.0 Å². The summed E-state index contributed by atoms with van der Waals surface area (Å²) in [4.78, 5) is 24.5. The van der Waals surface area contributed by atoms with Crippen LogP contribution in [0.25, 0.3) is 0 Å². The Labute approximate surface area is 160 Å². The predicted molar refractivity (Wildman–Crippen MR) is 105 cm³/mol. The number of carbonyl (C=O) groups is 2. The van der Waals surface area contributed by atoms with Crippen molar-refractivity contribution in [2.45, 2.75) is 62.7 Å². The molecule has 1 aromatic carbocycles. The number of sulfonamides is 1. The smallest absolute Gasteiger partial charge is 0.273 e. The molecule has 144 valence electrons. The molecule has 2 rings (SSSR count). The molecule has 7 heteroatoms. The molecule has 1 aromatic rings. The number of nitrogens with zero attached hydrogens (tertiary/aromatic N) is 1. The summed E-state index contributed by atoms with van der Waals surface area (Å²) in [6, 6.07) is 5.97. The van der Waals surface area contributed by atoms with E-state index in [1.807, 2.05) is 11.8 Å². The van der Waals surface area contributed by atoms with E-state index in [9.17, 15) is 18.0 Å². The Morgan fingerprint density at radius 2 is 1.54 bits per heavy atom. The lowest BCUT2D eigenvalue weighted by Crippen LogP contribution is -2.36. The van der Waals surface area contributed by atoms with Gasteiger partial charge in [-0.15, -0.1) is 0 Å². The van der Waals surface area contributed by atoms with E-state index in [1.165, 1.54) is 43.6 Å². The second-order valence-corrected chi connectivity index (χ2v) is 9.28. The van der Waals surface area contributed by atoms with Crippen LogP contribution >= 0.6 is 11.8 Å². The van der Waals surface area contributed by atoms with Crippen LogP contribution in [-0.4, -0.2) is 36.5 Å². The molecule has 1 aliphatic heterocycles. The van der Waals surface area contributed by atoms with Crippen molar-refractivity contribution in [1.29, 1.82) is 0 Å². The molecule has 0 radical (unpaired) electrons. The summed E-state index contributed by atoms with van der Waals surface area (Å²) in [6.07, 6.45) is 10.9. The van der Waals surface area contributed by atoms with E-state index < -0.39 is 21.8 Å². The van der Waals surface area contributed by atoms with Crippen LogP contribution in [0.2, 0.25) is 0 Å². The summed E-state index contributed by atoms with van der Waals surface area (Å²) in [5.41, 5.74) is 0.0855. The van der Waals surface area contributed by atoms with Crippen LogP contribution in [0, 0.1) is 0 Å². The van der Waals surface area contributed by atoms with E-state index in [-0.39, 0.29) is 16.9 Å². The lowest BCUT2D eigenvalue weighted by atomic mass is 10.1. The van der Waals surface area contributed by atoms with Gasteiger partial charge in [0.25, 0.3) is 15.9 Å². The Hall–Kier alpha value is -1.34. The minimum atomic E-state index is -4.02. The lowest BCUT2D eigenvalue weighted by molar-refractivity contribution is -0.124. The maximum Gasteiger partial charge on any atom is 0.276 e. The Morgan fingerprint density at radius 1 is 0.962 bits per heavy atom. The number of hydrogen-bond donors (Lipinski definition) is 0. The second kappa shape index (κ2) is 10.1. The molecule has 2 amide bonds. The van der Waals surface area contributed by atoms with E-state index in [4.69, 9.17) is 0 Å². The number of amides is 2. The van der Waals surface area contributed by atoms with E-state index in [1.54, 1.807) is 12.1 Å². The molecular weight excluding hydrogens is 370 g/mol. The van der Waals surface area contributed by atoms with Crippen LogP contribution in [0.3, 0.4) is 0 Å². The lowest BCUT2D eigenvalue weighted by Gasteiger charge is -2.12. The van der Waals surface area contributed by atoms with Gasteiger partial charge in [-0.2, -0.15) is 16.1 Å². The third kappa shape index (κ3) is 5.10. The normalized spacial score (nSPS) is 15.3. The molecule has 1 aliphatic rings. The number of unbranched alkanes of at least 4 members (excludes halogenated alkanes) is 7. The zero-order valence-electron chi connectivity index (χ0n) is 15.3. The number of imide groups is 1. The number of benzene rings is 1. The SMILES string of the molecule is CSCCCCCCCCCCC(=O)N1C(=O)c2ccccc2S1(=O)=O. The van der Waals surface area contributed by atoms with Crippen molar-refractivity contribution in [3.63, 3.8) is 0 Å². The molecule has 0 spiro atoms. The molecule has 1 heterocycles. The Balaban J connectivity index is 1.70. The van der Waals surface area contributed by atoms with Gasteiger partial charge in [-0.3, -0.25) is 9.59 Å². The van der Waals surface area contributed by atoms with E-state index >= 15 is 0 Å². The van der Waals surface area contributed by atoms with Gasteiger partial charge in [0.1, 0.15) is 4.90 Å². The zero-order chi connectivity index (χ0) is 19.0. The maximum absolute atomic E-state index is 12.4. The summed E-state index contributed by atoms with van der Waals surface area (Å²) in [7, 11) is -4.02. The molecule has 26 heavy (non-hydrogen) atoms. The summed E-state index contributed by atoms with van der Waals surface area (Å²) >= 11 is 1.88. The molecule has 0 bridgehead atoms. The van der Waals surface area contributed by atoms with Crippen LogP contribution in [0.15, 0.2) is 29.2 Å². The van der Waals surface area contributed by atoms with Gasteiger partial charge >= 0.3 is 0 Å². The molecule has 0 atom stereocenters. The average Bonchev–Trinajstić information content (AvgIpc) is 2.83. The minimum Gasteiger partial charge on any atom is -0.273 e. The molecule has 0 saturated heterocycles. The quantitative estimate of drug-likeness (QED) is 0.523. The van der Waals surface area contributed by atoms with Crippen molar-refractivity contribution >= 4 is 33.6 Å². The van der Waals surface area contributed by atoms with Crippen molar-refractivity contribution in [3.05, 3.63) is 29.8 Å². The first-order chi connectivity index (χ1) is 12.5. The van der Waals surface area contributed by atoms with Crippen LogP contribution in [-0.2, 0) is 14.8 Å². The number of hydrogen-bond acceptors (Lipinski definition) is 5. The highest BCUT2D eigenvalue weighted by molar-refractivity contribution is 7.98. The van der Waals surface area contributed by atoms with Gasteiger partial charge in [0.05, 0.1) is 5.56 Å². The summed E-state index contributed by atoms with van der Waals surface area (Å²) in [5, 5.41) is 0. The highest BCUT2D eigenvalue weighted by Crippen LogP contribution is 2.30. The largest absolute Gasteiger partial charge is 0.276 e. The molecule has 0 aliphatic carbocycles. The Kier molecular flexibility index (Phi) is 8.15. The Morgan fingerprint density at radius 3 is 2.15 bits per heavy atom. The average molecular weight is 398 g/mol. The molecule has 5 nitrogen and oxygen atoms in total. The highest BCUT2D eigenvalue weighted by Gasteiger charge is 2.44. The number of carbonyl (C=O) groups excluding carboxylic acids is 2. The minimum absolute atomic E-state index is 0.0696. The van der Waals surface area contributed by atoms with Crippen LogP contribution in [0.5, 0.6) is 0 Å². The number of rotatable bonds is 11. The fourth-order valence-electron chi connectivity index (χ4n) is 3.12. The third-order valence-electron chi connectivity index (χ3n) is 4.54. The van der Waals surface area contributed by atoms with E-state index in [0.29, 0.717) is 10.7 Å². The Bertz CT molecular complexity index is 731. The van der Waals surface area contributed by atoms with Gasteiger partial charge in [0.15, 0.2) is 0 Å². The monoisotopic (exact) mass is 397 g/mol. The topological polar surface area (TPSA) is 71.5 Å². The van der Waals surface area contributed by atoms with Gasteiger partial charge in [0.2, 0.25) is 5.91 Å². The highest BCUT2D eigenvalue weighted by atomic mass is 32.2. The molecule has 0 saturated carbocycles. The van der Waals surface area contributed by atoms with Crippen molar-refractivity contribution in [2.75, 3.05) is 12.0 Å². The summed E-state index contributed by atoms with van der Waals surface area (Å²) < 4.78 is 25.2. The standard InChI is InChI=1S/C19H27NO4S2/c1-25-15-11-7-5-3-2-4-6-8-14-18(21)20-19(22)16-12-9-10-13-17(16)26(20,23)24/h9-10,12-13H,2-8,11,14-15H2,1H3. The predicted octanol–water partition coefficient (Wildman–Crippen LogP) is 4.23. The van der Waals surface area contributed by atoms with Crippen molar-refractivity contribution in [1.82, 2.24) is 4.31 Å². The molecule has 0 aromatic heterocycles. The summed E-state index contributed by atoms with van der Waals surface area (Å²) in [6.45, 7) is 0. The third-order valence-corrected chi connectivity index (χ3v) is 6.99. The van der Waals surface area contributed by atoms with Crippen LogP contribution in [0.4, 0.5) is 0 Å². The molecular formula is C19H27NO4S2. The van der Waals surface area contributed by atoms with Crippen molar-refractivity contribution in [3.8, 4) is 0 Å². The fourth-order valence-corrected chi connectivity index (χ4v) is 5.17. The summed E-state index contributed by atoms with van der Waals surface area (Å²) in [5.74, 6) is -0.122. The number of thioether (sulfide) groups is 1. The van der Waals surface area contributed by atoms with Gasteiger partial charge in [-0.05, 0) is 37.0 Å². The first kappa shape index (κ1) is 21.0. The van der Waals surface area contributed by atoms with Gasteiger partial charge < -0.3 is 0 Å². The first-order valence-corrected chi connectivity index (χ1v) is 12.0. The molecule has 0 N–H and O–H groups in total. The van der Waals surface area contributed by atoms with Crippen LogP contribution < -0.4 is 0 Å². The fraction of sp³-hybridized carbons (Fsp3) is 0.579. The molecule has 0 fully saturated rings. The zero-order valence-corrected chi connectivity index (χ0v) is 16.9. The van der Waals surface area contributed by atoms with Gasteiger partial charge in [0, 0.05) is 6.42 Å². The van der Waals surface area contributed by atoms with E-state index in [0.717, 1.165) is 19.3 Å². The number of fused-ring (bicyclic) bond motifs is 1. The maximum atomic E-state index is 12.4. The second-order valence-electron chi connectivity index (χ2n) is 6.54. The van der Waals surface area contributed by atoms with Gasteiger partial charge in [-0.25, -0.2) is 8.42 Å². The van der Waals surface area contributed by atoms with Crippen LogP contribution in [0.1, 0.15) is 68.1 Å². The van der Waals surface area contributed by atoms with E-state index in [2.05, 4.69) is 6.26 Å². The van der Waals surface area contributed by atoms with Crippen molar-refractivity contribution in [2.24, 2.45) is 0 Å². The molecule has 0 unspecified atom stereocenters. The first-order valence-electron chi connectivity index (χ1n) is 9.20.